The number of nitro groups is 1. The predicted octanol–water partition coefficient (Wildman–Crippen LogP) is 3.49. The van der Waals surface area contributed by atoms with E-state index in [9.17, 15) is 23.3 Å². The lowest BCUT2D eigenvalue weighted by Crippen LogP contribution is -2.45. The first kappa shape index (κ1) is 19.1. The molecular formula is C18H18F3N3O3. The third kappa shape index (κ3) is 4.75. The van der Waals surface area contributed by atoms with Crippen LogP contribution < -0.4 is 10.1 Å². The fourth-order valence-electron chi connectivity index (χ4n) is 3.26. The highest BCUT2D eigenvalue weighted by molar-refractivity contribution is 5.47. The molecule has 1 atom stereocenters. The van der Waals surface area contributed by atoms with Gasteiger partial charge in [0.05, 0.1) is 16.5 Å². The summed E-state index contributed by atoms with van der Waals surface area (Å²) in [5.41, 5.74) is 1.16. The maximum absolute atomic E-state index is 12.4. The Bertz CT molecular complexity index is 790. The molecule has 0 amide bonds. The van der Waals surface area contributed by atoms with Crippen LogP contribution in [0.4, 0.5) is 18.9 Å². The van der Waals surface area contributed by atoms with Crippen LogP contribution in [0.15, 0.2) is 48.5 Å². The van der Waals surface area contributed by atoms with Gasteiger partial charge >= 0.3 is 6.36 Å². The van der Waals surface area contributed by atoms with E-state index in [1.165, 1.54) is 30.3 Å². The van der Waals surface area contributed by atoms with Crippen molar-refractivity contribution in [2.75, 3.05) is 26.2 Å². The molecule has 1 N–H and O–H groups in total. The maximum Gasteiger partial charge on any atom is 0.573 e. The van der Waals surface area contributed by atoms with E-state index in [4.69, 9.17) is 0 Å². The molecule has 1 aliphatic rings. The molecule has 1 aliphatic heterocycles. The number of hydrogen-bond acceptors (Lipinski definition) is 5. The number of nitro benzene ring substituents is 1. The van der Waals surface area contributed by atoms with Gasteiger partial charge in [-0.05, 0) is 17.7 Å². The number of rotatable bonds is 5. The molecule has 144 valence electrons. The van der Waals surface area contributed by atoms with Gasteiger partial charge in [-0.15, -0.1) is 13.2 Å². The van der Waals surface area contributed by atoms with Crippen LogP contribution in [0, 0.1) is 10.1 Å². The molecule has 3 rings (SSSR count). The first-order valence-corrected chi connectivity index (χ1v) is 8.39. The number of ether oxygens (including phenoxy) is 1. The van der Waals surface area contributed by atoms with Gasteiger partial charge in [0, 0.05) is 32.2 Å². The first-order valence-electron chi connectivity index (χ1n) is 8.39. The molecule has 27 heavy (non-hydrogen) atoms. The van der Waals surface area contributed by atoms with Crippen molar-refractivity contribution in [2.45, 2.75) is 12.4 Å². The Morgan fingerprint density at radius 1 is 1.07 bits per heavy atom. The lowest BCUT2D eigenvalue weighted by atomic mass is 9.95. The molecule has 0 unspecified atom stereocenters. The highest BCUT2D eigenvalue weighted by atomic mass is 19.4. The normalized spacial score (nSPS) is 16.7. The summed E-state index contributed by atoms with van der Waals surface area (Å²) in [7, 11) is 0. The van der Waals surface area contributed by atoms with E-state index in [0.717, 1.165) is 13.1 Å². The van der Waals surface area contributed by atoms with Gasteiger partial charge in [0.1, 0.15) is 5.75 Å². The molecular weight excluding hydrogens is 363 g/mol. The summed E-state index contributed by atoms with van der Waals surface area (Å²) in [5, 5.41) is 14.7. The molecule has 1 saturated heterocycles. The number of nitrogens with zero attached hydrogens (tertiary/aromatic N) is 2. The Morgan fingerprint density at radius 3 is 2.30 bits per heavy atom. The molecule has 2 aromatic carbocycles. The van der Waals surface area contributed by atoms with Crippen LogP contribution in [0.1, 0.15) is 17.2 Å². The van der Waals surface area contributed by atoms with Gasteiger partial charge in [0.15, 0.2) is 0 Å². The zero-order valence-corrected chi connectivity index (χ0v) is 14.3. The minimum atomic E-state index is -4.77. The average Bonchev–Trinajstić information content (AvgIpc) is 2.63. The number of alkyl halides is 3. The van der Waals surface area contributed by atoms with E-state index in [2.05, 4.69) is 15.0 Å². The molecule has 1 fully saturated rings. The van der Waals surface area contributed by atoms with Crippen molar-refractivity contribution in [3.05, 3.63) is 69.8 Å². The van der Waals surface area contributed by atoms with Crippen molar-refractivity contribution in [3.63, 3.8) is 0 Å². The van der Waals surface area contributed by atoms with Crippen LogP contribution in [0.25, 0.3) is 0 Å². The van der Waals surface area contributed by atoms with Gasteiger partial charge in [-0.2, -0.15) is 0 Å². The molecule has 0 radical (unpaired) electrons. The van der Waals surface area contributed by atoms with E-state index in [0.29, 0.717) is 24.2 Å². The van der Waals surface area contributed by atoms with Crippen molar-refractivity contribution in [1.29, 1.82) is 0 Å². The van der Waals surface area contributed by atoms with Crippen molar-refractivity contribution < 1.29 is 22.8 Å². The summed E-state index contributed by atoms with van der Waals surface area (Å²) in [6.07, 6.45) is -4.77. The van der Waals surface area contributed by atoms with Gasteiger partial charge in [0.25, 0.3) is 5.69 Å². The van der Waals surface area contributed by atoms with Crippen LogP contribution >= 0.6 is 0 Å². The lowest BCUT2D eigenvalue weighted by Gasteiger charge is -2.35. The average molecular weight is 381 g/mol. The highest BCUT2D eigenvalue weighted by Gasteiger charge is 2.32. The largest absolute Gasteiger partial charge is 0.573 e. The SMILES string of the molecule is O=[N+]([O-])c1ccccc1[C@@H](c1ccc(OC(F)(F)F)cc1)N1CCNCC1. The molecule has 0 aliphatic carbocycles. The second-order valence-electron chi connectivity index (χ2n) is 6.12. The molecule has 9 heteroatoms. The molecule has 0 bridgehead atoms. The number of hydrogen-bond donors (Lipinski definition) is 1. The molecule has 1 heterocycles. The summed E-state index contributed by atoms with van der Waals surface area (Å²) >= 11 is 0. The van der Waals surface area contributed by atoms with Gasteiger partial charge in [-0.1, -0.05) is 30.3 Å². The second-order valence-corrected chi connectivity index (χ2v) is 6.12. The van der Waals surface area contributed by atoms with Crippen LogP contribution in [0.5, 0.6) is 5.75 Å². The number of halogens is 3. The number of nitrogens with one attached hydrogen (secondary N) is 1. The van der Waals surface area contributed by atoms with Gasteiger partial charge < -0.3 is 10.1 Å². The molecule has 0 aromatic heterocycles. The third-order valence-corrected chi connectivity index (χ3v) is 4.37. The standard InChI is InChI=1S/C18H18F3N3O3/c19-18(20,21)27-14-7-5-13(6-8-14)17(23-11-9-22-10-12-23)15-3-1-2-4-16(15)24(25)26/h1-8,17,22H,9-12H2/t17-/m1/s1. The van der Waals surface area contributed by atoms with Crippen LogP contribution in [-0.4, -0.2) is 42.4 Å². The summed E-state index contributed by atoms with van der Waals surface area (Å²) in [6, 6.07) is 11.5. The van der Waals surface area contributed by atoms with E-state index >= 15 is 0 Å². The Kier molecular flexibility index (Phi) is 5.62. The van der Waals surface area contributed by atoms with Crippen LogP contribution in [0.3, 0.4) is 0 Å². The zero-order valence-electron chi connectivity index (χ0n) is 14.3. The van der Waals surface area contributed by atoms with Crippen molar-refractivity contribution in [1.82, 2.24) is 10.2 Å². The van der Waals surface area contributed by atoms with Crippen LogP contribution in [0.2, 0.25) is 0 Å². The van der Waals surface area contributed by atoms with Gasteiger partial charge in [0.2, 0.25) is 0 Å². The van der Waals surface area contributed by atoms with E-state index in [1.807, 2.05) is 0 Å². The first-order chi connectivity index (χ1) is 12.8. The zero-order chi connectivity index (χ0) is 19.4. The Balaban J connectivity index is 1.99. The topological polar surface area (TPSA) is 67.6 Å². The minimum absolute atomic E-state index is 0.0170. The van der Waals surface area contributed by atoms with Crippen molar-refractivity contribution >= 4 is 5.69 Å². The second kappa shape index (κ2) is 7.93. The predicted molar refractivity (Wildman–Crippen MR) is 92.5 cm³/mol. The summed E-state index contributed by atoms with van der Waals surface area (Å²) in [4.78, 5) is 13.1. The number of para-hydroxylation sites is 1. The van der Waals surface area contributed by atoms with E-state index < -0.39 is 17.3 Å². The molecule has 0 spiro atoms. The van der Waals surface area contributed by atoms with Gasteiger partial charge in [-0.25, -0.2) is 0 Å². The fourth-order valence-corrected chi connectivity index (χ4v) is 3.26. The monoisotopic (exact) mass is 381 g/mol. The smallest absolute Gasteiger partial charge is 0.406 e. The molecule has 2 aromatic rings. The Morgan fingerprint density at radius 2 is 1.70 bits per heavy atom. The highest BCUT2D eigenvalue weighted by Crippen LogP contribution is 2.35. The minimum Gasteiger partial charge on any atom is -0.406 e. The fraction of sp³-hybridized carbons (Fsp3) is 0.333. The van der Waals surface area contributed by atoms with Crippen molar-refractivity contribution in [2.24, 2.45) is 0 Å². The number of piperazine rings is 1. The quantitative estimate of drug-likeness (QED) is 0.634. The number of benzene rings is 2. The summed E-state index contributed by atoms with van der Waals surface area (Å²) in [5.74, 6) is -0.326. The molecule has 6 nitrogen and oxygen atoms in total. The molecule has 0 saturated carbocycles. The summed E-state index contributed by atoms with van der Waals surface area (Å²) in [6.45, 7) is 2.79. The Labute approximate surface area is 153 Å². The maximum atomic E-state index is 12.4. The van der Waals surface area contributed by atoms with Crippen molar-refractivity contribution in [3.8, 4) is 5.75 Å². The Hall–Kier alpha value is -2.65. The van der Waals surface area contributed by atoms with E-state index in [-0.39, 0.29) is 11.4 Å². The summed E-state index contributed by atoms with van der Waals surface area (Å²) < 4.78 is 41.1. The van der Waals surface area contributed by atoms with E-state index in [1.54, 1.807) is 18.2 Å². The third-order valence-electron chi connectivity index (χ3n) is 4.37. The van der Waals surface area contributed by atoms with Crippen LogP contribution in [-0.2, 0) is 0 Å². The lowest BCUT2D eigenvalue weighted by molar-refractivity contribution is -0.385. The van der Waals surface area contributed by atoms with Gasteiger partial charge in [-0.3, -0.25) is 15.0 Å².